The molecule has 0 bridgehead atoms. The van der Waals surface area contributed by atoms with Gasteiger partial charge in [0.1, 0.15) is 11.4 Å². The van der Waals surface area contributed by atoms with Crippen molar-refractivity contribution < 1.29 is 17.9 Å². The molecule has 0 aromatic heterocycles. The van der Waals surface area contributed by atoms with Gasteiger partial charge in [-0.25, -0.2) is 0 Å². The van der Waals surface area contributed by atoms with Gasteiger partial charge in [0.2, 0.25) is 0 Å². The summed E-state index contributed by atoms with van der Waals surface area (Å²) in [6.07, 6.45) is -0.203. The Balaban J connectivity index is 2.40. The van der Waals surface area contributed by atoms with Crippen LogP contribution in [0.25, 0.3) is 0 Å². The average Bonchev–Trinajstić information content (AvgIpc) is 2.83. The van der Waals surface area contributed by atoms with Crippen molar-refractivity contribution in [3.8, 4) is 5.75 Å². The van der Waals surface area contributed by atoms with E-state index >= 15 is 8.78 Å². The van der Waals surface area contributed by atoms with E-state index < -0.39 is 20.0 Å². The summed E-state index contributed by atoms with van der Waals surface area (Å²) in [5.41, 5.74) is 0.0914. The highest BCUT2D eigenvalue weighted by atomic mass is 28.4. The van der Waals surface area contributed by atoms with Crippen molar-refractivity contribution in [1.29, 1.82) is 0 Å². The number of nitrogens with zero attached hydrogens (tertiary/aromatic N) is 1. The van der Waals surface area contributed by atoms with Crippen LogP contribution >= 0.6 is 0 Å². The summed E-state index contributed by atoms with van der Waals surface area (Å²) in [5, 5.41) is 0. The van der Waals surface area contributed by atoms with Crippen molar-refractivity contribution >= 4 is 14.0 Å². The lowest BCUT2D eigenvalue weighted by Crippen LogP contribution is -2.48. The summed E-state index contributed by atoms with van der Waals surface area (Å²) in [6, 6.07) is 25.5. The Morgan fingerprint density at radius 1 is 0.882 bits per heavy atom. The van der Waals surface area contributed by atoms with E-state index in [1.54, 1.807) is 42.4 Å². The first-order chi connectivity index (χ1) is 16.2. The highest BCUT2D eigenvalue weighted by Crippen LogP contribution is 2.47. The molecule has 6 heteroatoms. The minimum absolute atomic E-state index is 0.162. The molecule has 0 saturated carbocycles. The molecule has 0 spiro atoms. The van der Waals surface area contributed by atoms with Crippen LogP contribution in [0.2, 0.25) is 19.6 Å². The van der Waals surface area contributed by atoms with E-state index in [4.69, 9.17) is 9.16 Å². The maximum absolute atomic E-state index is 15.3. The number of halogens is 2. The Labute approximate surface area is 202 Å². The lowest BCUT2D eigenvalue weighted by molar-refractivity contribution is 0.130. The summed E-state index contributed by atoms with van der Waals surface area (Å²) in [6.45, 7) is 10.0. The third kappa shape index (κ3) is 5.46. The maximum Gasteiger partial charge on any atom is 0.293 e. The number of rotatable bonds is 10. The predicted octanol–water partition coefficient (Wildman–Crippen LogP) is 7.59. The number of anilines is 1. The first-order valence-corrected chi connectivity index (χ1v) is 14.5. The van der Waals surface area contributed by atoms with E-state index in [1.165, 1.54) is 0 Å². The van der Waals surface area contributed by atoms with Gasteiger partial charge in [0.05, 0.1) is 7.11 Å². The smallest absolute Gasteiger partial charge is 0.293 e. The quantitative estimate of drug-likeness (QED) is 0.221. The molecule has 178 valence electrons. The van der Waals surface area contributed by atoms with Crippen LogP contribution in [0.1, 0.15) is 11.1 Å². The minimum Gasteiger partial charge on any atom is -0.497 e. The summed E-state index contributed by atoms with van der Waals surface area (Å²) >= 11 is 0. The Bertz CT molecular complexity index is 1070. The molecule has 0 amide bonds. The average molecular weight is 480 g/mol. The number of ether oxygens (including phenoxy) is 1. The molecular formula is C28H31F2NO2Si. The van der Waals surface area contributed by atoms with Crippen molar-refractivity contribution in [3.05, 3.63) is 120 Å². The lowest BCUT2D eigenvalue weighted by Gasteiger charge is -2.45. The Kier molecular flexibility index (Phi) is 8.07. The van der Waals surface area contributed by atoms with Crippen LogP contribution in [0.15, 0.2) is 109 Å². The fourth-order valence-corrected chi connectivity index (χ4v) is 5.30. The van der Waals surface area contributed by atoms with Crippen molar-refractivity contribution in [1.82, 2.24) is 0 Å². The van der Waals surface area contributed by atoms with E-state index in [-0.39, 0.29) is 12.2 Å². The van der Waals surface area contributed by atoms with Crippen molar-refractivity contribution in [2.75, 3.05) is 18.6 Å². The normalized spacial score (nSPS) is 11.6. The molecule has 3 nitrogen and oxygen atoms in total. The van der Waals surface area contributed by atoms with Gasteiger partial charge < -0.3 is 14.1 Å². The number of benzene rings is 3. The van der Waals surface area contributed by atoms with Crippen LogP contribution in [-0.4, -0.2) is 22.0 Å². The van der Waals surface area contributed by atoms with Gasteiger partial charge in [0.25, 0.3) is 6.08 Å². The number of hydrogen-bond acceptors (Lipinski definition) is 3. The van der Waals surface area contributed by atoms with Gasteiger partial charge >= 0.3 is 0 Å². The van der Waals surface area contributed by atoms with Crippen LogP contribution < -0.4 is 9.64 Å². The molecule has 3 aromatic carbocycles. The lowest BCUT2D eigenvalue weighted by atomic mass is 9.82. The molecule has 0 aliphatic rings. The Morgan fingerprint density at radius 3 is 1.76 bits per heavy atom. The monoisotopic (exact) mass is 479 g/mol. The van der Waals surface area contributed by atoms with E-state index in [2.05, 4.69) is 6.58 Å². The van der Waals surface area contributed by atoms with Crippen LogP contribution in [0.4, 0.5) is 14.5 Å². The number of hydrogen-bond donors (Lipinski definition) is 0. The first-order valence-electron chi connectivity index (χ1n) is 11.1. The SMILES string of the molecule is C=CCN(C(=C(F)F)C(O[Si](C)(C)C)(c1ccccc1)c1ccccc1)c1ccc(OC)cc1. The molecule has 34 heavy (non-hydrogen) atoms. The van der Waals surface area contributed by atoms with Gasteiger partial charge in [-0.05, 0) is 55.0 Å². The zero-order valence-electron chi connectivity index (χ0n) is 20.1. The molecule has 0 aliphatic carbocycles. The van der Waals surface area contributed by atoms with Gasteiger partial charge in [-0.2, -0.15) is 8.78 Å². The van der Waals surface area contributed by atoms with E-state index in [9.17, 15) is 0 Å². The molecule has 3 rings (SSSR count). The van der Waals surface area contributed by atoms with Crippen LogP contribution in [0.3, 0.4) is 0 Å². The van der Waals surface area contributed by atoms with Crippen LogP contribution in [-0.2, 0) is 10.0 Å². The zero-order valence-corrected chi connectivity index (χ0v) is 21.1. The highest BCUT2D eigenvalue weighted by molar-refractivity contribution is 6.69. The minimum atomic E-state index is -2.39. The fraction of sp³-hybridized carbons (Fsp3) is 0.214. The molecule has 0 heterocycles. The van der Waals surface area contributed by atoms with Gasteiger partial charge in [0.15, 0.2) is 13.9 Å². The number of methoxy groups -OCH3 is 1. The molecule has 0 aliphatic heterocycles. The van der Waals surface area contributed by atoms with Crippen LogP contribution in [0, 0.1) is 0 Å². The summed E-state index contributed by atoms with van der Waals surface area (Å²) in [5.74, 6) is 0.643. The zero-order chi connectivity index (χ0) is 24.8. The van der Waals surface area contributed by atoms with Crippen molar-refractivity contribution in [2.24, 2.45) is 0 Å². The van der Waals surface area contributed by atoms with Gasteiger partial charge in [-0.1, -0.05) is 66.7 Å². The van der Waals surface area contributed by atoms with Gasteiger partial charge in [-0.3, -0.25) is 0 Å². The first kappa shape index (κ1) is 25.4. The molecule has 0 fully saturated rings. The second-order valence-corrected chi connectivity index (χ2v) is 13.3. The van der Waals surface area contributed by atoms with Gasteiger partial charge in [0, 0.05) is 12.2 Å². The Hall–Kier alpha value is -3.22. The standard InChI is InChI=1S/C28H31F2NO2Si/c1-6-21-31(24-17-19-25(32-2)20-18-24)26(27(29)30)28(33-34(3,4)5,22-13-9-7-10-14-22)23-15-11-8-12-16-23/h6-20H,1,21H2,2-5H3. The summed E-state index contributed by atoms with van der Waals surface area (Å²) in [7, 11) is -0.821. The highest BCUT2D eigenvalue weighted by Gasteiger charge is 2.47. The summed E-state index contributed by atoms with van der Waals surface area (Å²) in [4.78, 5) is 1.57. The maximum atomic E-state index is 15.3. The van der Waals surface area contributed by atoms with Crippen molar-refractivity contribution in [2.45, 2.75) is 25.2 Å². The molecule has 0 saturated heterocycles. The van der Waals surface area contributed by atoms with Crippen molar-refractivity contribution in [3.63, 3.8) is 0 Å². The van der Waals surface area contributed by atoms with E-state index in [1.807, 2.05) is 80.3 Å². The fourth-order valence-electron chi connectivity index (χ4n) is 4.05. The van der Waals surface area contributed by atoms with Gasteiger partial charge in [-0.15, -0.1) is 6.58 Å². The molecular weight excluding hydrogens is 448 g/mol. The second-order valence-electron chi connectivity index (χ2n) is 8.83. The van der Waals surface area contributed by atoms with E-state index in [0.717, 1.165) is 0 Å². The molecule has 0 atom stereocenters. The Morgan fingerprint density at radius 2 is 1.38 bits per heavy atom. The molecule has 0 radical (unpaired) electrons. The molecule has 0 unspecified atom stereocenters. The predicted molar refractivity (Wildman–Crippen MR) is 138 cm³/mol. The third-order valence-electron chi connectivity index (χ3n) is 5.30. The topological polar surface area (TPSA) is 21.7 Å². The molecule has 0 N–H and O–H groups in total. The second kappa shape index (κ2) is 10.8. The molecule has 3 aromatic rings. The van der Waals surface area contributed by atoms with Crippen LogP contribution in [0.5, 0.6) is 5.75 Å². The van der Waals surface area contributed by atoms with E-state index in [0.29, 0.717) is 22.6 Å². The summed E-state index contributed by atoms with van der Waals surface area (Å²) < 4.78 is 42.6. The third-order valence-corrected chi connectivity index (χ3v) is 6.22. The largest absolute Gasteiger partial charge is 0.497 e.